The van der Waals surface area contributed by atoms with Gasteiger partial charge in [-0.3, -0.25) is 0 Å². The van der Waals surface area contributed by atoms with Crippen LogP contribution >= 0.6 is 11.6 Å². The van der Waals surface area contributed by atoms with Gasteiger partial charge in [-0.2, -0.15) is 0 Å². The predicted molar refractivity (Wildman–Crippen MR) is 55.7 cm³/mol. The van der Waals surface area contributed by atoms with E-state index in [1.165, 1.54) is 6.42 Å². The lowest BCUT2D eigenvalue weighted by Gasteiger charge is -2.09. The molecular weight excluding hydrogens is 200 g/mol. The first-order valence-electron chi connectivity index (χ1n) is 4.79. The summed E-state index contributed by atoms with van der Waals surface area (Å²) >= 11 is 5.71. The maximum Gasteiger partial charge on any atom is 0.213 e. The first-order chi connectivity index (χ1) is 6.84. The van der Waals surface area contributed by atoms with Crippen LogP contribution in [0, 0.1) is 5.92 Å². The van der Waals surface area contributed by atoms with E-state index in [0.29, 0.717) is 16.8 Å². The van der Waals surface area contributed by atoms with Crippen molar-refractivity contribution in [3.05, 3.63) is 23.4 Å². The normalized spacial score (nSPS) is 21.1. The Bertz CT molecular complexity index is 283. The van der Waals surface area contributed by atoms with Crippen molar-refractivity contribution in [2.24, 2.45) is 5.92 Å². The Hall–Kier alpha value is -0.800. The highest BCUT2D eigenvalue weighted by molar-refractivity contribution is 6.30. The van der Waals surface area contributed by atoms with Crippen LogP contribution < -0.4 is 10.1 Å². The van der Waals surface area contributed by atoms with Gasteiger partial charge in [-0.05, 0) is 19.0 Å². The molecule has 1 saturated heterocycles. The van der Waals surface area contributed by atoms with Gasteiger partial charge in [0.05, 0.1) is 11.6 Å². The molecule has 3 nitrogen and oxygen atoms in total. The maximum absolute atomic E-state index is 5.71. The van der Waals surface area contributed by atoms with Crippen molar-refractivity contribution in [2.45, 2.75) is 6.42 Å². The van der Waals surface area contributed by atoms with Gasteiger partial charge in [0.25, 0.3) is 0 Å². The third kappa shape index (κ3) is 2.59. The van der Waals surface area contributed by atoms with Gasteiger partial charge in [-0.1, -0.05) is 11.6 Å². The van der Waals surface area contributed by atoms with Gasteiger partial charge < -0.3 is 10.1 Å². The molecule has 4 heteroatoms. The first-order valence-corrected chi connectivity index (χ1v) is 5.17. The van der Waals surface area contributed by atoms with Crippen molar-refractivity contribution < 1.29 is 4.74 Å². The average molecular weight is 213 g/mol. The van der Waals surface area contributed by atoms with E-state index < -0.39 is 0 Å². The Kier molecular flexibility index (Phi) is 3.22. The molecule has 0 saturated carbocycles. The summed E-state index contributed by atoms with van der Waals surface area (Å²) < 4.78 is 5.54. The smallest absolute Gasteiger partial charge is 0.213 e. The van der Waals surface area contributed by atoms with Crippen molar-refractivity contribution in [1.29, 1.82) is 0 Å². The topological polar surface area (TPSA) is 34.1 Å². The molecule has 0 aliphatic carbocycles. The first kappa shape index (κ1) is 9.74. The second kappa shape index (κ2) is 4.62. The summed E-state index contributed by atoms with van der Waals surface area (Å²) in [5.41, 5.74) is 0. The third-order valence-electron chi connectivity index (χ3n) is 2.33. The highest BCUT2D eigenvalue weighted by Gasteiger charge is 2.14. The molecule has 1 aromatic heterocycles. The van der Waals surface area contributed by atoms with Crippen LogP contribution in [0.3, 0.4) is 0 Å². The number of ether oxygens (including phenoxy) is 1. The lowest BCUT2D eigenvalue weighted by Crippen LogP contribution is -2.15. The number of nitrogens with one attached hydrogen (secondary N) is 1. The van der Waals surface area contributed by atoms with Crippen LogP contribution in [0.4, 0.5) is 0 Å². The van der Waals surface area contributed by atoms with Crippen LogP contribution in [0.25, 0.3) is 0 Å². The highest BCUT2D eigenvalue weighted by Crippen LogP contribution is 2.14. The van der Waals surface area contributed by atoms with Crippen molar-refractivity contribution in [3.8, 4) is 5.88 Å². The van der Waals surface area contributed by atoms with Crippen LogP contribution in [0.2, 0.25) is 5.02 Å². The highest BCUT2D eigenvalue weighted by atomic mass is 35.5. The van der Waals surface area contributed by atoms with Crippen LogP contribution in [-0.4, -0.2) is 24.7 Å². The second-order valence-corrected chi connectivity index (χ2v) is 3.92. The van der Waals surface area contributed by atoms with Crippen LogP contribution in [0.15, 0.2) is 18.3 Å². The second-order valence-electron chi connectivity index (χ2n) is 3.48. The lowest BCUT2D eigenvalue weighted by atomic mass is 10.1. The summed E-state index contributed by atoms with van der Waals surface area (Å²) in [4.78, 5) is 4.06. The summed E-state index contributed by atoms with van der Waals surface area (Å²) in [5.74, 6) is 1.27. The van der Waals surface area contributed by atoms with Gasteiger partial charge in [-0.25, -0.2) is 4.98 Å². The molecule has 1 aliphatic heterocycles. The van der Waals surface area contributed by atoms with E-state index in [4.69, 9.17) is 16.3 Å². The molecule has 0 spiro atoms. The predicted octanol–water partition coefficient (Wildman–Crippen LogP) is 1.72. The molecule has 2 heterocycles. The zero-order chi connectivity index (χ0) is 9.80. The number of hydrogen-bond donors (Lipinski definition) is 1. The van der Waals surface area contributed by atoms with E-state index in [9.17, 15) is 0 Å². The SMILES string of the molecule is Clc1ccc(OC[C@H]2CCNC2)nc1. The summed E-state index contributed by atoms with van der Waals surface area (Å²) in [7, 11) is 0. The molecule has 1 aromatic rings. The van der Waals surface area contributed by atoms with Crippen molar-refractivity contribution in [2.75, 3.05) is 19.7 Å². The standard InChI is InChI=1S/C10H13ClN2O/c11-9-1-2-10(13-6-9)14-7-8-3-4-12-5-8/h1-2,6,8,12H,3-5,7H2/t8-/m0/s1. The zero-order valence-electron chi connectivity index (χ0n) is 7.87. The van der Waals surface area contributed by atoms with Crippen molar-refractivity contribution in [1.82, 2.24) is 10.3 Å². The van der Waals surface area contributed by atoms with E-state index in [0.717, 1.165) is 19.7 Å². The van der Waals surface area contributed by atoms with E-state index in [2.05, 4.69) is 10.3 Å². The molecule has 0 bridgehead atoms. The van der Waals surface area contributed by atoms with Crippen LogP contribution in [0.1, 0.15) is 6.42 Å². The molecule has 1 aliphatic rings. The number of halogens is 1. The monoisotopic (exact) mass is 212 g/mol. The van der Waals surface area contributed by atoms with Crippen LogP contribution in [-0.2, 0) is 0 Å². The Morgan fingerprint density at radius 2 is 2.50 bits per heavy atom. The number of hydrogen-bond acceptors (Lipinski definition) is 3. The van der Waals surface area contributed by atoms with Crippen molar-refractivity contribution in [3.63, 3.8) is 0 Å². The van der Waals surface area contributed by atoms with E-state index in [1.807, 2.05) is 0 Å². The van der Waals surface area contributed by atoms with E-state index in [1.54, 1.807) is 18.3 Å². The Morgan fingerprint density at radius 3 is 3.14 bits per heavy atom. The van der Waals surface area contributed by atoms with E-state index >= 15 is 0 Å². The Labute approximate surface area is 88.4 Å². The molecule has 0 aromatic carbocycles. The summed E-state index contributed by atoms with van der Waals surface area (Å²) in [6, 6.07) is 3.58. The molecule has 0 amide bonds. The van der Waals surface area contributed by atoms with Gasteiger partial charge >= 0.3 is 0 Å². The van der Waals surface area contributed by atoms with Gasteiger partial charge in [0.2, 0.25) is 5.88 Å². The van der Waals surface area contributed by atoms with Gasteiger partial charge in [0.15, 0.2) is 0 Å². The molecule has 2 rings (SSSR count). The zero-order valence-corrected chi connectivity index (χ0v) is 8.63. The van der Waals surface area contributed by atoms with Gasteiger partial charge in [0, 0.05) is 24.7 Å². The largest absolute Gasteiger partial charge is 0.477 e. The minimum Gasteiger partial charge on any atom is -0.477 e. The van der Waals surface area contributed by atoms with Crippen LogP contribution in [0.5, 0.6) is 5.88 Å². The fourth-order valence-corrected chi connectivity index (χ4v) is 1.62. The van der Waals surface area contributed by atoms with Gasteiger partial charge in [-0.15, -0.1) is 0 Å². The molecule has 1 N–H and O–H groups in total. The molecule has 1 fully saturated rings. The Balaban J connectivity index is 1.82. The number of rotatable bonds is 3. The lowest BCUT2D eigenvalue weighted by molar-refractivity contribution is 0.251. The minimum absolute atomic E-state index is 0.618. The number of pyridine rings is 1. The third-order valence-corrected chi connectivity index (χ3v) is 2.55. The molecule has 0 unspecified atom stereocenters. The fraction of sp³-hybridized carbons (Fsp3) is 0.500. The molecular formula is C10H13ClN2O. The fourth-order valence-electron chi connectivity index (χ4n) is 1.51. The molecule has 0 radical (unpaired) electrons. The number of aromatic nitrogens is 1. The quantitative estimate of drug-likeness (QED) is 0.829. The minimum atomic E-state index is 0.618. The van der Waals surface area contributed by atoms with Crippen molar-refractivity contribution >= 4 is 11.6 Å². The molecule has 1 atom stereocenters. The maximum atomic E-state index is 5.71. The number of nitrogens with zero attached hydrogens (tertiary/aromatic N) is 1. The molecule has 14 heavy (non-hydrogen) atoms. The summed E-state index contributed by atoms with van der Waals surface area (Å²) in [6.45, 7) is 2.89. The average Bonchev–Trinajstić information content (AvgIpc) is 2.70. The van der Waals surface area contributed by atoms with E-state index in [-0.39, 0.29) is 0 Å². The summed E-state index contributed by atoms with van der Waals surface area (Å²) in [5, 5.41) is 3.93. The summed E-state index contributed by atoms with van der Waals surface area (Å²) in [6.07, 6.45) is 2.79. The van der Waals surface area contributed by atoms with Gasteiger partial charge in [0.1, 0.15) is 0 Å². The molecule has 76 valence electrons. The Morgan fingerprint density at radius 1 is 1.57 bits per heavy atom.